The van der Waals surface area contributed by atoms with Crippen molar-refractivity contribution in [3.8, 4) is 0 Å². The molecule has 2 amide bonds. The number of hydrogen-bond acceptors (Lipinski definition) is 2. The largest absolute Gasteiger partial charge is 0.351 e. The summed E-state index contributed by atoms with van der Waals surface area (Å²) in [6, 6.07) is 8.09. The third-order valence-electron chi connectivity index (χ3n) is 6.42. The van der Waals surface area contributed by atoms with E-state index in [9.17, 15) is 9.59 Å². The standard InChI is InChI=1S/C23H31N3O2/c1-17-7-9-19-16-21(24-20(19)15-17)23(28)26-13-11-25(12-14-26)22(27)10-8-18-5-3-2-4-6-18/h7,9,15-16,18,24H,2-6,8,10-14H2,1H3. The first-order valence-corrected chi connectivity index (χ1v) is 10.8. The quantitative estimate of drug-likeness (QED) is 0.866. The number of hydrogen-bond donors (Lipinski definition) is 1. The molecule has 1 saturated heterocycles. The van der Waals surface area contributed by atoms with Gasteiger partial charge in [0.1, 0.15) is 5.69 Å². The number of rotatable bonds is 4. The molecule has 4 rings (SSSR count). The van der Waals surface area contributed by atoms with Gasteiger partial charge in [-0.2, -0.15) is 0 Å². The fourth-order valence-corrected chi connectivity index (χ4v) is 4.65. The van der Waals surface area contributed by atoms with Crippen molar-refractivity contribution in [3.05, 3.63) is 35.5 Å². The van der Waals surface area contributed by atoms with E-state index in [-0.39, 0.29) is 11.8 Å². The van der Waals surface area contributed by atoms with E-state index in [4.69, 9.17) is 0 Å². The zero-order valence-electron chi connectivity index (χ0n) is 16.9. The molecule has 1 N–H and O–H groups in total. The Hall–Kier alpha value is -2.30. The zero-order valence-corrected chi connectivity index (χ0v) is 16.9. The van der Waals surface area contributed by atoms with Gasteiger partial charge in [-0.25, -0.2) is 0 Å². The van der Waals surface area contributed by atoms with Crippen molar-refractivity contribution in [2.45, 2.75) is 51.9 Å². The van der Waals surface area contributed by atoms with Crippen molar-refractivity contribution >= 4 is 22.7 Å². The molecule has 2 aromatic rings. The first kappa shape index (κ1) is 19.0. The molecule has 150 valence electrons. The summed E-state index contributed by atoms with van der Waals surface area (Å²) >= 11 is 0. The summed E-state index contributed by atoms with van der Waals surface area (Å²) in [5, 5.41) is 1.06. The number of carbonyl (C=O) groups is 2. The highest BCUT2D eigenvalue weighted by Crippen LogP contribution is 2.27. The number of nitrogens with zero attached hydrogens (tertiary/aromatic N) is 2. The topological polar surface area (TPSA) is 56.4 Å². The van der Waals surface area contributed by atoms with Gasteiger partial charge in [-0.1, -0.05) is 44.2 Å². The monoisotopic (exact) mass is 381 g/mol. The van der Waals surface area contributed by atoms with Crippen molar-refractivity contribution in [3.63, 3.8) is 0 Å². The van der Waals surface area contributed by atoms with Crippen molar-refractivity contribution in [1.29, 1.82) is 0 Å². The van der Waals surface area contributed by atoms with Crippen LogP contribution in [-0.2, 0) is 4.79 Å². The Labute approximate surface area is 167 Å². The molecule has 0 atom stereocenters. The van der Waals surface area contributed by atoms with Crippen LogP contribution in [0.15, 0.2) is 24.3 Å². The van der Waals surface area contributed by atoms with Crippen LogP contribution in [0, 0.1) is 12.8 Å². The summed E-state index contributed by atoms with van der Waals surface area (Å²) in [6.07, 6.45) is 8.29. The second-order valence-electron chi connectivity index (χ2n) is 8.49. The molecule has 2 aliphatic rings. The van der Waals surface area contributed by atoms with Crippen LogP contribution >= 0.6 is 0 Å². The van der Waals surface area contributed by atoms with E-state index in [1.54, 1.807) is 0 Å². The second kappa shape index (κ2) is 8.38. The van der Waals surface area contributed by atoms with E-state index in [0.29, 0.717) is 38.3 Å². The lowest BCUT2D eigenvalue weighted by Gasteiger charge is -2.35. The predicted molar refractivity (Wildman–Crippen MR) is 111 cm³/mol. The molecule has 5 nitrogen and oxygen atoms in total. The molecule has 5 heteroatoms. The van der Waals surface area contributed by atoms with Gasteiger partial charge in [0.2, 0.25) is 5.91 Å². The van der Waals surface area contributed by atoms with Gasteiger partial charge in [0.15, 0.2) is 0 Å². The van der Waals surface area contributed by atoms with Gasteiger partial charge in [-0.3, -0.25) is 9.59 Å². The number of nitrogens with one attached hydrogen (secondary N) is 1. The van der Waals surface area contributed by atoms with Crippen LogP contribution in [-0.4, -0.2) is 52.8 Å². The third kappa shape index (κ3) is 4.23. The molecular weight excluding hydrogens is 350 g/mol. The maximum atomic E-state index is 12.9. The lowest BCUT2D eigenvalue weighted by atomic mass is 9.86. The summed E-state index contributed by atoms with van der Waals surface area (Å²) in [6.45, 7) is 4.57. The van der Waals surface area contributed by atoms with E-state index in [0.717, 1.165) is 23.2 Å². The van der Waals surface area contributed by atoms with Gasteiger partial charge in [-0.05, 0) is 37.0 Å². The minimum Gasteiger partial charge on any atom is -0.351 e. The third-order valence-corrected chi connectivity index (χ3v) is 6.42. The fourth-order valence-electron chi connectivity index (χ4n) is 4.65. The highest BCUT2D eigenvalue weighted by atomic mass is 16.2. The van der Waals surface area contributed by atoms with Crippen molar-refractivity contribution < 1.29 is 9.59 Å². The van der Waals surface area contributed by atoms with Gasteiger partial charge in [0, 0.05) is 43.5 Å². The molecule has 1 saturated carbocycles. The molecule has 1 aliphatic carbocycles. The van der Waals surface area contributed by atoms with Crippen molar-refractivity contribution in [2.75, 3.05) is 26.2 Å². The molecule has 1 aromatic carbocycles. The lowest BCUT2D eigenvalue weighted by molar-refractivity contribution is -0.133. The number of piperazine rings is 1. The Balaban J connectivity index is 1.29. The highest BCUT2D eigenvalue weighted by molar-refractivity contribution is 5.98. The molecule has 1 aromatic heterocycles. The Morgan fingerprint density at radius 3 is 2.46 bits per heavy atom. The predicted octanol–water partition coefficient (Wildman–Crippen LogP) is 4.12. The van der Waals surface area contributed by atoms with E-state index in [2.05, 4.69) is 17.1 Å². The van der Waals surface area contributed by atoms with Gasteiger partial charge >= 0.3 is 0 Å². The molecule has 0 spiro atoms. The normalized spacial score (nSPS) is 18.6. The molecule has 2 fully saturated rings. The zero-order chi connectivity index (χ0) is 19.5. The SMILES string of the molecule is Cc1ccc2cc(C(=O)N3CCN(C(=O)CCC4CCCCC4)CC3)[nH]c2c1. The molecule has 2 heterocycles. The van der Waals surface area contributed by atoms with Crippen LogP contribution in [0.1, 0.15) is 61.0 Å². The lowest BCUT2D eigenvalue weighted by Crippen LogP contribution is -2.50. The summed E-state index contributed by atoms with van der Waals surface area (Å²) in [7, 11) is 0. The molecular formula is C23H31N3O2. The van der Waals surface area contributed by atoms with Crippen LogP contribution in [0.3, 0.4) is 0 Å². The number of carbonyl (C=O) groups excluding carboxylic acids is 2. The summed E-state index contributed by atoms with van der Waals surface area (Å²) in [5.41, 5.74) is 2.81. The molecule has 0 unspecified atom stereocenters. The Kier molecular flexibility index (Phi) is 5.69. The van der Waals surface area contributed by atoms with Crippen LogP contribution in [0.2, 0.25) is 0 Å². The van der Waals surface area contributed by atoms with Crippen LogP contribution in [0.25, 0.3) is 10.9 Å². The molecule has 1 aliphatic heterocycles. The maximum Gasteiger partial charge on any atom is 0.270 e. The van der Waals surface area contributed by atoms with Gasteiger partial charge in [0.25, 0.3) is 5.91 Å². The maximum absolute atomic E-state index is 12.9. The number of aryl methyl sites for hydroxylation is 1. The Morgan fingerprint density at radius 1 is 1.00 bits per heavy atom. The number of H-pyrrole nitrogens is 1. The number of benzene rings is 1. The Morgan fingerprint density at radius 2 is 1.71 bits per heavy atom. The average molecular weight is 382 g/mol. The summed E-state index contributed by atoms with van der Waals surface area (Å²) in [5.74, 6) is 1.04. The van der Waals surface area contributed by atoms with Crippen LogP contribution in [0.5, 0.6) is 0 Å². The van der Waals surface area contributed by atoms with E-state index in [1.807, 2.05) is 28.9 Å². The van der Waals surface area contributed by atoms with Gasteiger partial charge in [-0.15, -0.1) is 0 Å². The number of fused-ring (bicyclic) bond motifs is 1. The van der Waals surface area contributed by atoms with Crippen LogP contribution in [0.4, 0.5) is 0 Å². The van der Waals surface area contributed by atoms with Crippen molar-refractivity contribution in [2.24, 2.45) is 5.92 Å². The molecule has 28 heavy (non-hydrogen) atoms. The first-order chi connectivity index (χ1) is 13.6. The van der Waals surface area contributed by atoms with Gasteiger partial charge in [0.05, 0.1) is 0 Å². The molecule has 0 radical (unpaired) electrons. The van der Waals surface area contributed by atoms with E-state index < -0.39 is 0 Å². The Bertz CT molecular complexity index is 843. The minimum absolute atomic E-state index is 0.0307. The second-order valence-corrected chi connectivity index (χ2v) is 8.49. The van der Waals surface area contributed by atoms with Crippen LogP contribution < -0.4 is 0 Å². The smallest absolute Gasteiger partial charge is 0.270 e. The summed E-state index contributed by atoms with van der Waals surface area (Å²) in [4.78, 5) is 32.5. The fraction of sp³-hybridized carbons (Fsp3) is 0.565. The van der Waals surface area contributed by atoms with Crippen molar-refractivity contribution in [1.82, 2.24) is 14.8 Å². The number of amides is 2. The molecule has 0 bridgehead atoms. The summed E-state index contributed by atoms with van der Waals surface area (Å²) < 4.78 is 0. The number of aromatic nitrogens is 1. The average Bonchev–Trinajstić information content (AvgIpc) is 3.15. The van der Waals surface area contributed by atoms with E-state index >= 15 is 0 Å². The van der Waals surface area contributed by atoms with E-state index in [1.165, 1.54) is 37.7 Å². The first-order valence-electron chi connectivity index (χ1n) is 10.8. The highest BCUT2D eigenvalue weighted by Gasteiger charge is 2.26. The minimum atomic E-state index is 0.0307. The van der Waals surface area contributed by atoms with Gasteiger partial charge < -0.3 is 14.8 Å². The number of aromatic amines is 1.